The Morgan fingerprint density at radius 3 is 1.51 bits per heavy atom. The molecule has 4 aliphatic rings. The van der Waals surface area contributed by atoms with Crippen molar-refractivity contribution < 1.29 is 26.4 Å². The Labute approximate surface area is 329 Å². The fourth-order valence-corrected chi connectivity index (χ4v) is 10.3. The van der Waals surface area contributed by atoms with Gasteiger partial charge in [0, 0.05) is 51.8 Å². The van der Waals surface area contributed by atoms with Crippen LogP contribution in [-0.4, -0.2) is 38.9 Å². The van der Waals surface area contributed by atoms with Gasteiger partial charge in [-0.3, -0.25) is 14.3 Å². The number of hydrogen-bond acceptors (Lipinski definition) is 9. The second kappa shape index (κ2) is 19.7. The molecule has 53 heavy (non-hydrogen) atoms. The van der Waals surface area contributed by atoms with Crippen LogP contribution in [0.1, 0.15) is 117 Å². The van der Waals surface area contributed by atoms with E-state index in [1.54, 1.807) is 30.3 Å². The summed E-state index contributed by atoms with van der Waals surface area (Å²) in [6.45, 7) is 3.68. The highest BCUT2D eigenvalue weighted by Gasteiger charge is 2.28. The molecular weight excluding hydrogens is 779 g/mol. The Morgan fingerprint density at radius 1 is 0.623 bits per heavy atom. The van der Waals surface area contributed by atoms with Gasteiger partial charge in [-0.1, -0.05) is 61.7 Å². The summed E-state index contributed by atoms with van der Waals surface area (Å²) >= 11 is 12.4. The molecule has 6 rings (SSSR count). The van der Waals surface area contributed by atoms with E-state index in [1.165, 1.54) is 0 Å². The zero-order valence-corrected chi connectivity index (χ0v) is 34.3. The lowest BCUT2D eigenvalue weighted by molar-refractivity contribution is -0.116. The second-order valence-corrected chi connectivity index (χ2v) is 19.8. The van der Waals surface area contributed by atoms with E-state index in [2.05, 4.69) is 15.4 Å². The van der Waals surface area contributed by atoms with Crippen LogP contribution in [0, 0.1) is 0 Å². The van der Waals surface area contributed by atoms with Gasteiger partial charge in [-0.05, 0) is 102 Å². The van der Waals surface area contributed by atoms with Crippen LogP contribution in [0.15, 0.2) is 58.9 Å². The van der Waals surface area contributed by atoms with Crippen LogP contribution in [-0.2, 0) is 28.7 Å². The van der Waals surface area contributed by atoms with E-state index in [0.29, 0.717) is 52.8 Å². The lowest BCUT2D eigenvalue weighted by atomic mass is 9.96. The van der Waals surface area contributed by atoms with E-state index in [9.17, 15) is 26.4 Å². The molecule has 0 aromatic heterocycles. The molecule has 0 bridgehead atoms. The first-order chi connectivity index (χ1) is 25.0. The van der Waals surface area contributed by atoms with Crippen LogP contribution in [0.25, 0.3) is 0 Å². The van der Waals surface area contributed by atoms with Crippen LogP contribution in [0.3, 0.4) is 0 Å². The summed E-state index contributed by atoms with van der Waals surface area (Å²) in [5.41, 5.74) is 11.6. The SMILES string of the molecule is CC1=C(Nc2ccc(N)cc2Cl)CCCC1=O.CC1=C(Nc2ccc(NS(=O)(=O)C3CCCCC3)cc2Cl)CCCC1=O.O=S(=O)(Cl)C1CCCCC1. The normalized spacial score (nSPS) is 19.1. The minimum absolute atomic E-state index is 0.159. The van der Waals surface area contributed by atoms with Crippen molar-refractivity contribution in [2.24, 2.45) is 0 Å². The van der Waals surface area contributed by atoms with Crippen molar-refractivity contribution in [3.8, 4) is 0 Å². The molecule has 292 valence electrons. The zero-order valence-electron chi connectivity index (χ0n) is 30.4. The summed E-state index contributed by atoms with van der Waals surface area (Å²) in [7, 11) is -1.46. The average Bonchev–Trinajstić information content (AvgIpc) is 3.12. The molecule has 4 aliphatic carbocycles. The van der Waals surface area contributed by atoms with E-state index in [4.69, 9.17) is 39.6 Å². The van der Waals surface area contributed by atoms with Gasteiger partial charge >= 0.3 is 0 Å². The van der Waals surface area contributed by atoms with Crippen LogP contribution in [0.4, 0.5) is 22.7 Å². The number of sulfonamides is 1. The third-order valence-electron chi connectivity index (χ3n) is 10.1. The highest BCUT2D eigenvalue weighted by molar-refractivity contribution is 8.14. The predicted octanol–water partition coefficient (Wildman–Crippen LogP) is 10.1. The molecule has 10 nitrogen and oxygen atoms in total. The van der Waals surface area contributed by atoms with Gasteiger partial charge in [-0.2, -0.15) is 0 Å². The molecule has 0 atom stereocenters. The Morgan fingerprint density at radius 2 is 1.08 bits per heavy atom. The van der Waals surface area contributed by atoms with E-state index in [-0.39, 0.29) is 22.1 Å². The van der Waals surface area contributed by atoms with Crippen molar-refractivity contribution in [2.45, 2.75) is 127 Å². The number of rotatable bonds is 8. The fourth-order valence-electron chi connectivity index (χ4n) is 6.86. The third kappa shape index (κ3) is 12.9. The van der Waals surface area contributed by atoms with Crippen molar-refractivity contribution in [1.29, 1.82) is 0 Å². The van der Waals surface area contributed by atoms with E-state index in [0.717, 1.165) is 105 Å². The molecule has 0 unspecified atom stereocenters. The summed E-state index contributed by atoms with van der Waals surface area (Å²) in [6.07, 6.45) is 13.8. The topological polar surface area (TPSA) is 165 Å². The number of halogens is 3. The predicted molar refractivity (Wildman–Crippen MR) is 219 cm³/mol. The summed E-state index contributed by atoms with van der Waals surface area (Å²) < 4.78 is 49.2. The second-order valence-electron chi connectivity index (χ2n) is 14.1. The van der Waals surface area contributed by atoms with Crippen molar-refractivity contribution in [2.75, 3.05) is 21.1 Å². The van der Waals surface area contributed by atoms with E-state index in [1.807, 2.05) is 19.9 Å². The maximum absolute atomic E-state index is 12.5. The number of nitrogens with two attached hydrogens (primary N) is 1. The van der Waals surface area contributed by atoms with Gasteiger partial charge in [0.25, 0.3) is 0 Å². The number of nitrogens with one attached hydrogen (secondary N) is 3. The summed E-state index contributed by atoms with van der Waals surface area (Å²) in [5.74, 6) is 0.372. The maximum Gasteiger partial charge on any atom is 0.235 e. The summed E-state index contributed by atoms with van der Waals surface area (Å²) in [6, 6.07) is 10.4. The molecule has 0 radical (unpaired) electrons. The molecular formula is C38H51Cl3N4O6S2. The lowest BCUT2D eigenvalue weighted by Gasteiger charge is -2.23. The first-order valence-electron chi connectivity index (χ1n) is 18.3. The molecule has 0 amide bonds. The molecule has 2 fully saturated rings. The number of hydrogen-bond donors (Lipinski definition) is 4. The molecule has 0 saturated heterocycles. The quantitative estimate of drug-likeness (QED) is 0.150. The molecule has 2 saturated carbocycles. The Hall–Kier alpha value is -2.77. The Bertz CT molecular complexity index is 1920. The number of anilines is 4. The van der Waals surface area contributed by atoms with Crippen LogP contribution in [0.2, 0.25) is 10.0 Å². The van der Waals surface area contributed by atoms with Gasteiger partial charge in [-0.15, -0.1) is 0 Å². The number of nitrogen functional groups attached to an aromatic ring is 1. The smallest absolute Gasteiger partial charge is 0.235 e. The van der Waals surface area contributed by atoms with Crippen LogP contribution < -0.4 is 21.1 Å². The van der Waals surface area contributed by atoms with Crippen LogP contribution >= 0.6 is 33.9 Å². The highest BCUT2D eigenvalue weighted by atomic mass is 35.7. The van der Waals surface area contributed by atoms with Gasteiger partial charge in [0.2, 0.25) is 19.1 Å². The minimum Gasteiger partial charge on any atom is -0.399 e. The molecule has 0 spiro atoms. The Balaban J connectivity index is 0.000000198. The van der Waals surface area contributed by atoms with Gasteiger partial charge in [-0.25, -0.2) is 16.8 Å². The third-order valence-corrected chi connectivity index (χ3v) is 14.7. The fraction of sp³-hybridized carbons (Fsp3) is 0.526. The van der Waals surface area contributed by atoms with Crippen molar-refractivity contribution in [3.05, 3.63) is 69.0 Å². The summed E-state index contributed by atoms with van der Waals surface area (Å²) in [5, 5.41) is 6.87. The molecule has 15 heteroatoms. The standard InChI is InChI=1S/C19H25ClN2O3S.C13H15ClN2O.C6H11ClO2S/c1-13-17(8-5-9-19(13)23)21-18-11-10-14(12-16(18)20)22-26(24,25)15-6-3-2-4-7-15;1-8-11(3-2-4-13(8)17)16-12-6-5-9(15)7-10(12)14;7-10(8,9)6-4-2-1-3-5-6/h10-12,15,21-22H,2-9H2,1H3;5-7,16H,2-4,15H2,1H3;6H,1-5H2. The number of carbonyl (C=O) groups is 2. The molecule has 5 N–H and O–H groups in total. The maximum atomic E-state index is 12.5. The van der Waals surface area contributed by atoms with Gasteiger partial charge in [0.05, 0.1) is 37.6 Å². The van der Waals surface area contributed by atoms with Crippen LogP contribution in [0.5, 0.6) is 0 Å². The first kappa shape index (κ1) is 43.0. The van der Waals surface area contributed by atoms with Crippen molar-refractivity contribution in [3.63, 3.8) is 0 Å². The summed E-state index contributed by atoms with van der Waals surface area (Å²) in [4.78, 5) is 23.4. The zero-order chi connectivity index (χ0) is 38.8. The minimum atomic E-state index is -3.39. The Kier molecular flexibility index (Phi) is 16.0. The van der Waals surface area contributed by atoms with Gasteiger partial charge in [0.15, 0.2) is 11.6 Å². The van der Waals surface area contributed by atoms with Gasteiger partial charge < -0.3 is 16.4 Å². The molecule has 2 aromatic rings. The number of carbonyl (C=O) groups excluding carboxylic acids is 2. The molecule has 2 aromatic carbocycles. The van der Waals surface area contributed by atoms with Gasteiger partial charge in [0.1, 0.15) is 0 Å². The number of allylic oxidation sites excluding steroid dienone is 4. The molecule has 0 aliphatic heterocycles. The van der Waals surface area contributed by atoms with Crippen molar-refractivity contribution >= 4 is 87.3 Å². The number of benzene rings is 2. The van der Waals surface area contributed by atoms with E-state index < -0.39 is 19.1 Å². The number of ketones is 2. The van der Waals surface area contributed by atoms with Crippen molar-refractivity contribution in [1.82, 2.24) is 0 Å². The average molecular weight is 830 g/mol. The first-order valence-corrected chi connectivity index (χ1v) is 23.0. The molecule has 0 heterocycles. The lowest BCUT2D eigenvalue weighted by Crippen LogP contribution is -2.29. The monoisotopic (exact) mass is 828 g/mol. The van der Waals surface area contributed by atoms with E-state index >= 15 is 0 Å². The largest absolute Gasteiger partial charge is 0.399 e. The highest BCUT2D eigenvalue weighted by Crippen LogP contribution is 2.33. The number of Topliss-reactive ketones (excluding diaryl/α,β-unsaturated/α-hetero) is 2.